The van der Waals surface area contributed by atoms with Crippen molar-refractivity contribution in [1.82, 2.24) is 15.3 Å². The number of benzene rings is 1. The maximum absolute atomic E-state index is 11.8. The van der Waals surface area contributed by atoms with Crippen LogP contribution in [0.15, 0.2) is 53.4 Å². The number of carbonyl (C=O) groups excluding carboxylic acids is 1. The maximum Gasteiger partial charge on any atom is 0.263 e. The fourth-order valence-corrected chi connectivity index (χ4v) is 3.73. The summed E-state index contributed by atoms with van der Waals surface area (Å²) >= 11 is 6.26. The molecule has 6 heteroatoms. The quantitative estimate of drug-likeness (QED) is 0.549. The lowest BCUT2D eigenvalue weighted by molar-refractivity contribution is -0.115. The van der Waals surface area contributed by atoms with Crippen LogP contribution in [0.2, 0.25) is 0 Å². The third-order valence-electron chi connectivity index (χ3n) is 3.85. The zero-order valence-corrected chi connectivity index (χ0v) is 14.9. The van der Waals surface area contributed by atoms with E-state index in [0.29, 0.717) is 14.9 Å². The molecule has 2 aromatic heterocycles. The molecule has 1 saturated heterocycles. The van der Waals surface area contributed by atoms with Gasteiger partial charge in [0, 0.05) is 5.39 Å². The van der Waals surface area contributed by atoms with Gasteiger partial charge in [0.1, 0.15) is 4.32 Å². The second-order valence-electron chi connectivity index (χ2n) is 5.65. The first-order chi connectivity index (χ1) is 12.1. The Bertz CT molecular complexity index is 1060. The van der Waals surface area contributed by atoms with Crippen LogP contribution < -0.4 is 5.32 Å². The molecule has 0 radical (unpaired) electrons. The average Bonchev–Trinajstić information content (AvgIpc) is 2.91. The van der Waals surface area contributed by atoms with Crippen LogP contribution in [0.25, 0.3) is 28.4 Å². The van der Waals surface area contributed by atoms with Crippen LogP contribution in [0.3, 0.4) is 0 Å². The number of carbonyl (C=O) groups is 1. The van der Waals surface area contributed by atoms with Gasteiger partial charge in [-0.25, -0.2) is 9.97 Å². The minimum Gasteiger partial charge on any atom is -0.307 e. The Morgan fingerprint density at radius 3 is 2.76 bits per heavy atom. The summed E-state index contributed by atoms with van der Waals surface area (Å²) in [6, 6.07) is 15.8. The van der Waals surface area contributed by atoms with Crippen LogP contribution in [0.5, 0.6) is 0 Å². The van der Waals surface area contributed by atoms with Crippen LogP contribution >= 0.6 is 24.0 Å². The van der Waals surface area contributed by atoms with Crippen molar-refractivity contribution in [2.24, 2.45) is 0 Å². The van der Waals surface area contributed by atoms with Crippen LogP contribution in [-0.4, -0.2) is 20.2 Å². The molecular weight excluding hydrogens is 350 g/mol. The van der Waals surface area contributed by atoms with E-state index < -0.39 is 0 Å². The van der Waals surface area contributed by atoms with E-state index in [0.717, 1.165) is 27.9 Å². The van der Waals surface area contributed by atoms with Crippen molar-refractivity contribution in [1.29, 1.82) is 0 Å². The summed E-state index contributed by atoms with van der Waals surface area (Å²) in [6.07, 6.45) is 1.75. The number of aryl methyl sites for hydroxylation is 1. The van der Waals surface area contributed by atoms with Crippen molar-refractivity contribution in [2.45, 2.75) is 6.92 Å². The number of nitrogens with one attached hydrogen (secondary N) is 1. The molecule has 1 aromatic carbocycles. The highest BCUT2D eigenvalue weighted by molar-refractivity contribution is 8.26. The van der Waals surface area contributed by atoms with Gasteiger partial charge in [-0.3, -0.25) is 4.79 Å². The number of pyridine rings is 2. The second-order valence-corrected chi connectivity index (χ2v) is 7.37. The molecule has 0 spiro atoms. The Balaban J connectivity index is 1.77. The van der Waals surface area contributed by atoms with Crippen molar-refractivity contribution in [2.75, 3.05) is 0 Å². The molecule has 1 aliphatic heterocycles. The van der Waals surface area contributed by atoms with Gasteiger partial charge in [0.05, 0.1) is 27.5 Å². The molecule has 0 bridgehead atoms. The largest absolute Gasteiger partial charge is 0.307 e. The van der Waals surface area contributed by atoms with Gasteiger partial charge in [0.2, 0.25) is 0 Å². The normalized spacial score (nSPS) is 15.8. The molecule has 3 aromatic rings. The first-order valence-electron chi connectivity index (χ1n) is 7.69. The molecule has 1 aliphatic rings. The molecule has 0 atom stereocenters. The minimum absolute atomic E-state index is 0.179. The Labute approximate surface area is 154 Å². The maximum atomic E-state index is 11.8. The molecule has 4 rings (SSSR count). The van der Waals surface area contributed by atoms with Gasteiger partial charge in [-0.15, -0.1) is 0 Å². The molecular formula is C19H13N3OS2. The number of hydrogen-bond donors (Lipinski definition) is 1. The summed E-state index contributed by atoms with van der Waals surface area (Å²) in [5.74, 6) is -0.179. The molecule has 122 valence electrons. The predicted molar refractivity (Wildman–Crippen MR) is 106 cm³/mol. The van der Waals surface area contributed by atoms with Crippen LogP contribution in [0.1, 0.15) is 11.3 Å². The molecule has 0 aliphatic carbocycles. The van der Waals surface area contributed by atoms with Crippen molar-refractivity contribution in [3.8, 4) is 11.4 Å². The van der Waals surface area contributed by atoms with Gasteiger partial charge >= 0.3 is 0 Å². The molecule has 1 fully saturated rings. The number of nitrogens with zero attached hydrogens (tertiary/aromatic N) is 2. The van der Waals surface area contributed by atoms with Gasteiger partial charge in [-0.1, -0.05) is 48.2 Å². The molecule has 0 unspecified atom stereocenters. The third-order valence-corrected chi connectivity index (χ3v) is 5.01. The summed E-state index contributed by atoms with van der Waals surface area (Å²) in [4.78, 5) is 21.8. The highest BCUT2D eigenvalue weighted by Crippen LogP contribution is 2.27. The Kier molecular flexibility index (Phi) is 4.07. The van der Waals surface area contributed by atoms with E-state index >= 15 is 0 Å². The van der Waals surface area contributed by atoms with Crippen molar-refractivity contribution < 1.29 is 4.79 Å². The van der Waals surface area contributed by atoms with Gasteiger partial charge in [0.25, 0.3) is 5.91 Å². The van der Waals surface area contributed by atoms with E-state index in [1.165, 1.54) is 11.8 Å². The number of hydrogen-bond acceptors (Lipinski definition) is 5. The van der Waals surface area contributed by atoms with Gasteiger partial charge in [-0.2, -0.15) is 0 Å². The lowest BCUT2D eigenvalue weighted by Crippen LogP contribution is -2.17. The molecule has 4 nitrogen and oxygen atoms in total. The number of thiocarbonyl (C=S) groups is 1. The number of para-hydroxylation sites is 1. The Morgan fingerprint density at radius 2 is 1.96 bits per heavy atom. The van der Waals surface area contributed by atoms with E-state index in [2.05, 4.69) is 16.4 Å². The fraction of sp³-hybridized carbons (Fsp3) is 0.0526. The number of rotatable bonds is 2. The standard InChI is InChI=1S/C19H13N3OS2/c1-11-9-12-5-2-3-7-14(12)21-17(11)15-8-4-6-13(20-15)10-16-18(23)22-19(24)25-16/h2-10H,1H3,(H,22,23,24)/b16-10-. The van der Waals surface area contributed by atoms with Gasteiger partial charge in [0.15, 0.2) is 0 Å². The van der Waals surface area contributed by atoms with Gasteiger partial charge < -0.3 is 5.32 Å². The summed E-state index contributed by atoms with van der Waals surface area (Å²) < 4.78 is 0.472. The van der Waals surface area contributed by atoms with Gasteiger partial charge in [-0.05, 0) is 42.8 Å². The summed E-state index contributed by atoms with van der Waals surface area (Å²) in [5.41, 5.74) is 4.32. The first kappa shape index (κ1) is 15.9. The highest BCUT2D eigenvalue weighted by Gasteiger charge is 2.22. The Morgan fingerprint density at radius 1 is 1.12 bits per heavy atom. The summed E-state index contributed by atoms with van der Waals surface area (Å²) in [7, 11) is 0. The summed E-state index contributed by atoms with van der Waals surface area (Å²) in [5, 5.41) is 3.72. The van der Waals surface area contributed by atoms with Crippen LogP contribution in [0.4, 0.5) is 0 Å². The molecule has 1 N–H and O–H groups in total. The smallest absolute Gasteiger partial charge is 0.263 e. The molecule has 0 saturated carbocycles. The van der Waals surface area contributed by atoms with Crippen LogP contribution in [0, 0.1) is 6.92 Å². The van der Waals surface area contributed by atoms with Crippen molar-refractivity contribution >= 4 is 51.2 Å². The number of aromatic nitrogens is 2. The monoisotopic (exact) mass is 363 g/mol. The zero-order valence-electron chi connectivity index (χ0n) is 13.3. The highest BCUT2D eigenvalue weighted by atomic mass is 32.2. The second kappa shape index (κ2) is 6.38. The third kappa shape index (κ3) is 3.18. The average molecular weight is 363 g/mol. The van der Waals surface area contributed by atoms with Crippen molar-refractivity contribution in [3.05, 3.63) is 64.7 Å². The number of thioether (sulfide) groups is 1. The van der Waals surface area contributed by atoms with E-state index in [1.54, 1.807) is 6.08 Å². The SMILES string of the molecule is Cc1cc2ccccc2nc1-c1cccc(/C=C2\SC(=S)NC2=O)n1. The topological polar surface area (TPSA) is 54.9 Å². The fourth-order valence-electron chi connectivity index (χ4n) is 2.70. The summed E-state index contributed by atoms with van der Waals surface area (Å²) in [6.45, 7) is 2.03. The van der Waals surface area contributed by atoms with E-state index in [-0.39, 0.29) is 5.91 Å². The first-order valence-corrected chi connectivity index (χ1v) is 8.91. The van der Waals surface area contributed by atoms with Crippen molar-refractivity contribution in [3.63, 3.8) is 0 Å². The van der Waals surface area contributed by atoms with E-state index in [1.807, 2.05) is 49.4 Å². The Hall–Kier alpha value is -2.57. The lowest BCUT2D eigenvalue weighted by atomic mass is 10.1. The number of amides is 1. The zero-order chi connectivity index (χ0) is 17.4. The molecule has 3 heterocycles. The lowest BCUT2D eigenvalue weighted by Gasteiger charge is -2.07. The van der Waals surface area contributed by atoms with E-state index in [4.69, 9.17) is 17.2 Å². The van der Waals surface area contributed by atoms with Crippen LogP contribution in [-0.2, 0) is 4.79 Å². The number of fused-ring (bicyclic) bond motifs is 1. The predicted octanol–water partition coefficient (Wildman–Crippen LogP) is 4.09. The molecule has 1 amide bonds. The molecule has 25 heavy (non-hydrogen) atoms. The van der Waals surface area contributed by atoms with E-state index in [9.17, 15) is 4.79 Å². The minimum atomic E-state index is -0.179.